The van der Waals surface area contributed by atoms with E-state index < -0.39 is 6.10 Å². The molecule has 0 radical (unpaired) electrons. The van der Waals surface area contributed by atoms with Crippen LogP contribution in [-0.2, 0) is 9.53 Å². The Morgan fingerprint density at radius 3 is 2.67 bits per heavy atom. The third-order valence-electron chi connectivity index (χ3n) is 1.89. The zero-order chi connectivity index (χ0) is 13.4. The SMILES string of the molecule is CC(=O)OCC#CC#C[C@@H](O)c1ccc(Br)cc1. The summed E-state index contributed by atoms with van der Waals surface area (Å²) in [5.41, 5.74) is 0.701. The van der Waals surface area contributed by atoms with E-state index in [2.05, 4.69) is 44.3 Å². The van der Waals surface area contributed by atoms with Crippen molar-refractivity contribution in [1.29, 1.82) is 0 Å². The first-order valence-electron chi connectivity index (χ1n) is 5.15. The van der Waals surface area contributed by atoms with Crippen LogP contribution in [0.2, 0.25) is 0 Å². The number of esters is 1. The first-order valence-corrected chi connectivity index (χ1v) is 5.94. The number of benzene rings is 1. The number of hydrogen-bond donors (Lipinski definition) is 1. The second-order valence-electron chi connectivity index (χ2n) is 3.31. The summed E-state index contributed by atoms with van der Waals surface area (Å²) >= 11 is 3.31. The molecule has 0 aliphatic carbocycles. The van der Waals surface area contributed by atoms with Crippen molar-refractivity contribution in [3.8, 4) is 23.7 Å². The lowest BCUT2D eigenvalue weighted by Crippen LogP contribution is -1.97. The molecule has 1 aromatic rings. The van der Waals surface area contributed by atoms with E-state index in [1.54, 1.807) is 12.1 Å². The monoisotopic (exact) mass is 306 g/mol. The van der Waals surface area contributed by atoms with Gasteiger partial charge in [0.2, 0.25) is 0 Å². The number of carbonyl (C=O) groups is 1. The molecule has 18 heavy (non-hydrogen) atoms. The van der Waals surface area contributed by atoms with Gasteiger partial charge in [-0.15, -0.1) is 0 Å². The maximum Gasteiger partial charge on any atom is 0.303 e. The molecular formula is C14H11BrO3. The number of carbonyl (C=O) groups excluding carboxylic acids is 1. The number of halogens is 1. The number of hydrogen-bond acceptors (Lipinski definition) is 3. The van der Waals surface area contributed by atoms with Gasteiger partial charge in [-0.2, -0.15) is 0 Å². The van der Waals surface area contributed by atoms with Crippen molar-refractivity contribution in [3.05, 3.63) is 34.3 Å². The summed E-state index contributed by atoms with van der Waals surface area (Å²) in [5, 5.41) is 9.71. The average molecular weight is 307 g/mol. The van der Waals surface area contributed by atoms with E-state index in [0.29, 0.717) is 5.56 Å². The first-order chi connectivity index (χ1) is 8.59. The van der Waals surface area contributed by atoms with Crippen molar-refractivity contribution in [2.24, 2.45) is 0 Å². The third-order valence-corrected chi connectivity index (χ3v) is 2.42. The van der Waals surface area contributed by atoms with Crippen LogP contribution in [-0.4, -0.2) is 17.7 Å². The molecule has 0 heterocycles. The zero-order valence-corrected chi connectivity index (χ0v) is 11.3. The van der Waals surface area contributed by atoms with Gasteiger partial charge in [-0.3, -0.25) is 4.79 Å². The lowest BCUT2D eigenvalue weighted by Gasteiger charge is -2.02. The van der Waals surface area contributed by atoms with E-state index in [4.69, 9.17) is 0 Å². The molecule has 4 heteroatoms. The summed E-state index contributed by atoms with van der Waals surface area (Å²) < 4.78 is 5.54. The Morgan fingerprint density at radius 2 is 2.06 bits per heavy atom. The largest absolute Gasteiger partial charge is 0.453 e. The quantitative estimate of drug-likeness (QED) is 0.672. The van der Waals surface area contributed by atoms with E-state index in [9.17, 15) is 9.90 Å². The molecule has 0 unspecified atom stereocenters. The molecule has 0 aliphatic rings. The van der Waals surface area contributed by atoms with Crippen LogP contribution in [0.4, 0.5) is 0 Å². The molecule has 0 bridgehead atoms. The molecule has 0 spiro atoms. The van der Waals surface area contributed by atoms with Crippen LogP contribution in [0.5, 0.6) is 0 Å². The number of aliphatic hydroxyl groups is 1. The lowest BCUT2D eigenvalue weighted by molar-refractivity contribution is -0.139. The molecule has 0 amide bonds. The summed E-state index contributed by atoms with van der Waals surface area (Å²) in [6.45, 7) is 1.32. The van der Waals surface area contributed by atoms with Crippen LogP contribution >= 0.6 is 15.9 Å². The highest BCUT2D eigenvalue weighted by atomic mass is 79.9. The lowest BCUT2D eigenvalue weighted by atomic mass is 10.1. The second-order valence-corrected chi connectivity index (χ2v) is 4.22. The highest BCUT2D eigenvalue weighted by molar-refractivity contribution is 9.10. The topological polar surface area (TPSA) is 46.5 Å². The first kappa shape index (κ1) is 14.3. The van der Waals surface area contributed by atoms with Crippen LogP contribution in [0.1, 0.15) is 18.6 Å². The third kappa shape index (κ3) is 5.54. The van der Waals surface area contributed by atoms with Crippen LogP contribution in [0, 0.1) is 23.7 Å². The Kier molecular flexibility index (Phi) is 6.00. The molecule has 92 valence electrons. The average Bonchev–Trinajstić information content (AvgIpc) is 2.34. The fourth-order valence-electron chi connectivity index (χ4n) is 1.05. The smallest absolute Gasteiger partial charge is 0.303 e. The van der Waals surface area contributed by atoms with E-state index in [0.717, 1.165) is 4.47 Å². The number of aliphatic hydroxyl groups excluding tert-OH is 1. The van der Waals surface area contributed by atoms with Gasteiger partial charge in [-0.05, 0) is 35.5 Å². The Morgan fingerprint density at radius 1 is 1.39 bits per heavy atom. The minimum atomic E-state index is -0.874. The van der Waals surface area contributed by atoms with Gasteiger partial charge in [0.25, 0.3) is 0 Å². The van der Waals surface area contributed by atoms with E-state index >= 15 is 0 Å². The van der Waals surface area contributed by atoms with Crippen molar-refractivity contribution < 1.29 is 14.6 Å². The molecule has 0 saturated carbocycles. The fourth-order valence-corrected chi connectivity index (χ4v) is 1.32. The van der Waals surface area contributed by atoms with Crippen molar-refractivity contribution in [2.45, 2.75) is 13.0 Å². The van der Waals surface area contributed by atoms with Gasteiger partial charge in [0, 0.05) is 11.4 Å². The predicted octanol–water partition coefficient (Wildman–Crippen LogP) is 2.05. The summed E-state index contributed by atoms with van der Waals surface area (Å²) in [6, 6.07) is 7.20. The fraction of sp³-hybridized carbons (Fsp3) is 0.214. The van der Waals surface area contributed by atoms with E-state index in [1.807, 2.05) is 12.1 Å². The second kappa shape index (κ2) is 7.55. The van der Waals surface area contributed by atoms with Crippen LogP contribution < -0.4 is 0 Å². The Hall–Kier alpha value is -1.75. The number of ether oxygens (including phenoxy) is 1. The molecule has 0 saturated heterocycles. The molecule has 1 N–H and O–H groups in total. The summed E-state index contributed by atoms with van der Waals surface area (Å²) in [5.74, 6) is 9.75. The maximum absolute atomic E-state index is 10.4. The predicted molar refractivity (Wildman–Crippen MR) is 71.3 cm³/mol. The van der Waals surface area contributed by atoms with Gasteiger partial charge in [-0.25, -0.2) is 0 Å². The van der Waals surface area contributed by atoms with Gasteiger partial charge in [0.05, 0.1) is 0 Å². The Labute approximate surface area is 114 Å². The van der Waals surface area contributed by atoms with Gasteiger partial charge in [0.1, 0.15) is 6.10 Å². The highest BCUT2D eigenvalue weighted by Gasteiger charge is 2.01. The molecule has 0 fully saturated rings. The van der Waals surface area contributed by atoms with Gasteiger partial charge < -0.3 is 9.84 Å². The molecule has 0 aromatic heterocycles. The summed E-state index contributed by atoms with van der Waals surface area (Å²) in [6.07, 6.45) is -0.874. The zero-order valence-electron chi connectivity index (χ0n) is 9.74. The van der Waals surface area contributed by atoms with Gasteiger partial charge >= 0.3 is 5.97 Å². The van der Waals surface area contributed by atoms with Crippen molar-refractivity contribution >= 4 is 21.9 Å². The number of rotatable bonds is 2. The van der Waals surface area contributed by atoms with Gasteiger partial charge in [0.15, 0.2) is 6.61 Å². The van der Waals surface area contributed by atoms with E-state index in [1.165, 1.54) is 6.92 Å². The summed E-state index contributed by atoms with van der Waals surface area (Å²) in [7, 11) is 0. The van der Waals surface area contributed by atoms with Crippen molar-refractivity contribution in [2.75, 3.05) is 6.61 Å². The van der Waals surface area contributed by atoms with Crippen LogP contribution in [0.3, 0.4) is 0 Å². The van der Waals surface area contributed by atoms with Crippen LogP contribution in [0.15, 0.2) is 28.7 Å². The molecular weight excluding hydrogens is 296 g/mol. The maximum atomic E-state index is 10.4. The van der Waals surface area contributed by atoms with E-state index in [-0.39, 0.29) is 12.6 Å². The normalized spacial score (nSPS) is 10.4. The van der Waals surface area contributed by atoms with Crippen molar-refractivity contribution in [1.82, 2.24) is 0 Å². The molecule has 1 atom stereocenters. The summed E-state index contributed by atoms with van der Waals surface area (Å²) in [4.78, 5) is 10.4. The molecule has 1 aromatic carbocycles. The Bertz CT molecular complexity index is 526. The minimum absolute atomic E-state index is 0.0123. The molecule has 0 aliphatic heterocycles. The minimum Gasteiger partial charge on any atom is -0.453 e. The van der Waals surface area contributed by atoms with Crippen LogP contribution in [0.25, 0.3) is 0 Å². The van der Waals surface area contributed by atoms with Crippen molar-refractivity contribution in [3.63, 3.8) is 0 Å². The standard InChI is InChI=1S/C14H11BrO3/c1-11(16)18-10-4-2-3-5-14(17)12-6-8-13(15)9-7-12/h6-9,14,17H,10H2,1H3/t14-/m1/s1. The van der Waals surface area contributed by atoms with Gasteiger partial charge in [-0.1, -0.05) is 34.0 Å². The molecule has 1 rings (SSSR count). The Balaban J connectivity index is 2.52. The molecule has 3 nitrogen and oxygen atoms in total. The highest BCUT2D eigenvalue weighted by Crippen LogP contribution is 2.15.